The Morgan fingerprint density at radius 1 is 1.19 bits per heavy atom. The van der Waals surface area contributed by atoms with Gasteiger partial charge in [-0.2, -0.15) is 0 Å². The first kappa shape index (κ1) is 16.0. The molecule has 1 unspecified atom stereocenters. The number of anilines is 1. The van der Waals surface area contributed by atoms with Crippen LogP contribution < -0.4 is 5.32 Å². The zero-order chi connectivity index (χ0) is 15.6. The Bertz CT molecular complexity index is 693. The Kier molecular flexibility index (Phi) is 4.68. The standard InChI is InChI=1S/C15H12Br2FNO2/c1-15(14(20)21,12-6-5-10(17)8-13(12)18)19-11-4-2-3-9(16)7-11/h2-8,19H,1H3,(H,20,21). The lowest BCUT2D eigenvalue weighted by atomic mass is 9.91. The van der Waals surface area contributed by atoms with Gasteiger partial charge in [-0.05, 0) is 37.3 Å². The van der Waals surface area contributed by atoms with Crippen molar-refractivity contribution in [2.45, 2.75) is 12.5 Å². The van der Waals surface area contributed by atoms with E-state index in [1.54, 1.807) is 24.3 Å². The third-order valence-corrected chi connectivity index (χ3v) is 4.10. The van der Waals surface area contributed by atoms with Crippen molar-refractivity contribution in [2.75, 3.05) is 5.32 Å². The van der Waals surface area contributed by atoms with Gasteiger partial charge >= 0.3 is 5.97 Å². The summed E-state index contributed by atoms with van der Waals surface area (Å²) in [5, 5.41) is 12.4. The summed E-state index contributed by atoms with van der Waals surface area (Å²) in [6.07, 6.45) is 0. The number of hydrogen-bond acceptors (Lipinski definition) is 2. The van der Waals surface area contributed by atoms with Gasteiger partial charge in [0.2, 0.25) is 0 Å². The monoisotopic (exact) mass is 415 g/mol. The Labute approximate surface area is 138 Å². The van der Waals surface area contributed by atoms with Crippen LogP contribution in [0.25, 0.3) is 0 Å². The molecule has 2 aromatic rings. The van der Waals surface area contributed by atoms with Crippen LogP contribution in [0.5, 0.6) is 0 Å². The summed E-state index contributed by atoms with van der Waals surface area (Å²) in [7, 11) is 0. The van der Waals surface area contributed by atoms with Gasteiger partial charge in [-0.1, -0.05) is 44.0 Å². The molecule has 0 saturated carbocycles. The molecule has 2 aromatic carbocycles. The molecule has 110 valence electrons. The summed E-state index contributed by atoms with van der Waals surface area (Å²) in [5.41, 5.74) is -0.930. The Morgan fingerprint density at radius 3 is 2.43 bits per heavy atom. The van der Waals surface area contributed by atoms with E-state index >= 15 is 0 Å². The lowest BCUT2D eigenvalue weighted by molar-refractivity contribution is -0.142. The molecule has 2 N–H and O–H groups in total. The molecule has 0 aliphatic rings. The summed E-state index contributed by atoms with van der Waals surface area (Å²) < 4.78 is 15.5. The summed E-state index contributed by atoms with van der Waals surface area (Å²) in [4.78, 5) is 11.7. The fraction of sp³-hybridized carbons (Fsp3) is 0.133. The number of hydrogen-bond donors (Lipinski definition) is 2. The van der Waals surface area contributed by atoms with E-state index in [0.29, 0.717) is 10.2 Å². The molecule has 0 aliphatic carbocycles. The molecule has 6 heteroatoms. The fourth-order valence-electron chi connectivity index (χ4n) is 1.99. The quantitative estimate of drug-likeness (QED) is 0.755. The van der Waals surface area contributed by atoms with Crippen LogP contribution in [0, 0.1) is 5.82 Å². The SMILES string of the molecule is CC(Nc1cccc(Br)c1)(C(=O)O)c1ccc(Br)cc1F. The highest BCUT2D eigenvalue weighted by Gasteiger charge is 2.37. The number of rotatable bonds is 4. The van der Waals surface area contributed by atoms with Crippen molar-refractivity contribution < 1.29 is 14.3 Å². The number of carbonyl (C=O) groups is 1. The maximum absolute atomic E-state index is 14.1. The molecule has 0 fully saturated rings. The van der Waals surface area contributed by atoms with Crippen LogP contribution in [0.2, 0.25) is 0 Å². The van der Waals surface area contributed by atoms with Gasteiger partial charge in [-0.15, -0.1) is 0 Å². The largest absolute Gasteiger partial charge is 0.479 e. The van der Waals surface area contributed by atoms with E-state index in [9.17, 15) is 14.3 Å². The highest BCUT2D eigenvalue weighted by Crippen LogP contribution is 2.31. The van der Waals surface area contributed by atoms with Gasteiger partial charge in [0.25, 0.3) is 0 Å². The first-order valence-electron chi connectivity index (χ1n) is 6.05. The van der Waals surface area contributed by atoms with E-state index < -0.39 is 17.3 Å². The summed E-state index contributed by atoms with van der Waals surface area (Å²) in [6.45, 7) is 1.43. The maximum atomic E-state index is 14.1. The van der Waals surface area contributed by atoms with E-state index in [1.807, 2.05) is 6.07 Å². The zero-order valence-electron chi connectivity index (χ0n) is 11.0. The molecule has 0 aliphatic heterocycles. The Morgan fingerprint density at radius 2 is 1.86 bits per heavy atom. The van der Waals surface area contributed by atoms with E-state index in [-0.39, 0.29) is 5.56 Å². The highest BCUT2D eigenvalue weighted by molar-refractivity contribution is 9.10. The average molecular weight is 417 g/mol. The van der Waals surface area contributed by atoms with Crippen LogP contribution in [0.15, 0.2) is 51.4 Å². The zero-order valence-corrected chi connectivity index (χ0v) is 14.2. The number of carboxylic acids is 1. The van der Waals surface area contributed by atoms with Crippen LogP contribution in [-0.2, 0) is 10.3 Å². The predicted octanol–water partition coefficient (Wildman–Crippen LogP) is 4.76. The van der Waals surface area contributed by atoms with Crippen molar-refractivity contribution in [3.05, 3.63) is 62.8 Å². The van der Waals surface area contributed by atoms with Crippen LogP contribution in [0.4, 0.5) is 10.1 Å². The van der Waals surface area contributed by atoms with Crippen molar-refractivity contribution >= 4 is 43.5 Å². The van der Waals surface area contributed by atoms with Gasteiger partial charge in [-0.25, -0.2) is 9.18 Å². The fourth-order valence-corrected chi connectivity index (χ4v) is 2.72. The molecule has 21 heavy (non-hydrogen) atoms. The minimum absolute atomic E-state index is 0.0678. The number of carboxylic acid groups (broad SMARTS) is 1. The molecule has 0 saturated heterocycles. The summed E-state index contributed by atoms with van der Waals surface area (Å²) in [6, 6.07) is 11.4. The van der Waals surface area contributed by atoms with E-state index in [2.05, 4.69) is 37.2 Å². The summed E-state index contributed by atoms with van der Waals surface area (Å²) in [5.74, 6) is -1.75. The Hall–Kier alpha value is -1.40. The van der Waals surface area contributed by atoms with Gasteiger partial charge < -0.3 is 10.4 Å². The Balaban J connectivity index is 2.48. The van der Waals surface area contributed by atoms with Crippen LogP contribution >= 0.6 is 31.9 Å². The first-order chi connectivity index (χ1) is 9.83. The minimum Gasteiger partial charge on any atom is -0.479 e. The molecule has 0 amide bonds. The van der Waals surface area contributed by atoms with Gasteiger partial charge in [0.1, 0.15) is 5.82 Å². The lowest BCUT2D eigenvalue weighted by Gasteiger charge is -2.28. The third kappa shape index (κ3) is 3.44. The molecule has 2 rings (SSSR count). The molecule has 0 heterocycles. The van der Waals surface area contributed by atoms with Gasteiger partial charge in [0, 0.05) is 20.2 Å². The molecule has 0 bridgehead atoms. The first-order valence-corrected chi connectivity index (χ1v) is 7.64. The molecule has 0 radical (unpaired) electrons. The van der Waals surface area contributed by atoms with E-state index in [0.717, 1.165) is 4.47 Å². The summed E-state index contributed by atoms with van der Waals surface area (Å²) >= 11 is 6.48. The van der Waals surface area contributed by atoms with Crippen LogP contribution in [0.3, 0.4) is 0 Å². The van der Waals surface area contributed by atoms with Crippen molar-refractivity contribution in [3.8, 4) is 0 Å². The van der Waals surface area contributed by atoms with E-state index in [1.165, 1.54) is 19.1 Å². The van der Waals surface area contributed by atoms with Crippen LogP contribution in [0.1, 0.15) is 12.5 Å². The van der Waals surface area contributed by atoms with Crippen LogP contribution in [-0.4, -0.2) is 11.1 Å². The number of benzene rings is 2. The van der Waals surface area contributed by atoms with Crippen molar-refractivity contribution in [1.29, 1.82) is 0 Å². The highest BCUT2D eigenvalue weighted by atomic mass is 79.9. The number of nitrogens with one attached hydrogen (secondary N) is 1. The minimum atomic E-state index is -1.58. The molecular formula is C15H12Br2FNO2. The lowest BCUT2D eigenvalue weighted by Crippen LogP contribution is -2.41. The maximum Gasteiger partial charge on any atom is 0.333 e. The van der Waals surface area contributed by atoms with Crippen molar-refractivity contribution in [2.24, 2.45) is 0 Å². The van der Waals surface area contributed by atoms with Gasteiger partial charge in [0.15, 0.2) is 5.54 Å². The second kappa shape index (κ2) is 6.15. The normalized spacial score (nSPS) is 13.5. The second-order valence-corrected chi connectivity index (χ2v) is 6.52. The van der Waals surface area contributed by atoms with Gasteiger partial charge in [0.05, 0.1) is 0 Å². The van der Waals surface area contributed by atoms with E-state index in [4.69, 9.17) is 0 Å². The van der Waals surface area contributed by atoms with Crippen molar-refractivity contribution in [1.82, 2.24) is 0 Å². The van der Waals surface area contributed by atoms with Gasteiger partial charge in [-0.3, -0.25) is 0 Å². The average Bonchev–Trinajstić information content (AvgIpc) is 2.38. The van der Waals surface area contributed by atoms with Crippen molar-refractivity contribution in [3.63, 3.8) is 0 Å². The predicted molar refractivity (Wildman–Crippen MR) is 86.9 cm³/mol. The number of halogens is 3. The molecule has 1 atom stereocenters. The molecule has 0 aromatic heterocycles. The molecule has 0 spiro atoms. The molecule has 3 nitrogen and oxygen atoms in total. The molecular weight excluding hydrogens is 405 g/mol. The smallest absolute Gasteiger partial charge is 0.333 e. The second-order valence-electron chi connectivity index (χ2n) is 4.69. The number of aliphatic carboxylic acids is 1. The third-order valence-electron chi connectivity index (χ3n) is 3.12. The topological polar surface area (TPSA) is 49.3 Å².